The van der Waals surface area contributed by atoms with Crippen LogP contribution in [0.5, 0.6) is 5.75 Å². The second-order valence-corrected chi connectivity index (χ2v) is 7.78. The van der Waals surface area contributed by atoms with Crippen molar-refractivity contribution in [1.29, 1.82) is 0 Å². The van der Waals surface area contributed by atoms with E-state index in [2.05, 4.69) is 10.5 Å². The first kappa shape index (κ1) is 20.9. The number of esters is 1. The van der Waals surface area contributed by atoms with Crippen LogP contribution < -0.4 is 10.2 Å². The van der Waals surface area contributed by atoms with Gasteiger partial charge in [-0.3, -0.25) is 4.79 Å². The maximum Gasteiger partial charge on any atom is 0.379 e. The number of rotatable bonds is 4. The summed E-state index contributed by atoms with van der Waals surface area (Å²) in [5.41, 5.74) is 6.04. The minimum atomic E-state index is -0.582. The first-order valence-corrected chi connectivity index (χ1v) is 10.3. The topological polar surface area (TPSA) is 80.9 Å². The summed E-state index contributed by atoms with van der Waals surface area (Å²) in [5.74, 6) is 0.336. The van der Waals surface area contributed by atoms with E-state index in [4.69, 9.17) is 20.8 Å². The zero-order chi connectivity index (χ0) is 22.0. The number of amides is 1. The number of ether oxygens (including phenoxy) is 1. The Hall–Kier alpha value is -3.38. The Bertz CT molecular complexity index is 1180. The Kier molecular flexibility index (Phi) is 5.91. The lowest BCUT2D eigenvalue weighted by atomic mass is 9.93. The summed E-state index contributed by atoms with van der Waals surface area (Å²) in [4.78, 5) is 25.1. The van der Waals surface area contributed by atoms with E-state index >= 15 is 0 Å². The van der Waals surface area contributed by atoms with Gasteiger partial charge in [-0.05, 0) is 62.6 Å². The van der Waals surface area contributed by atoms with Crippen molar-refractivity contribution in [2.24, 2.45) is 5.10 Å². The van der Waals surface area contributed by atoms with E-state index in [0.29, 0.717) is 46.2 Å². The fourth-order valence-electron chi connectivity index (χ4n) is 3.58. The van der Waals surface area contributed by atoms with Gasteiger partial charge in [-0.1, -0.05) is 29.8 Å². The van der Waals surface area contributed by atoms with E-state index in [0.717, 1.165) is 17.5 Å². The van der Waals surface area contributed by atoms with Gasteiger partial charge < -0.3 is 9.15 Å². The van der Waals surface area contributed by atoms with Crippen LogP contribution in [-0.4, -0.2) is 17.6 Å². The summed E-state index contributed by atoms with van der Waals surface area (Å²) in [6.07, 6.45) is 2.17. The lowest BCUT2D eigenvalue weighted by molar-refractivity contribution is 0.0698. The van der Waals surface area contributed by atoms with Gasteiger partial charge in [0.2, 0.25) is 5.76 Å². The number of nitrogens with zero attached hydrogens (tertiary/aromatic N) is 1. The minimum Gasteiger partial charge on any atom is -0.453 e. The van der Waals surface area contributed by atoms with Crippen molar-refractivity contribution < 1.29 is 18.7 Å². The molecule has 0 unspecified atom stereocenters. The van der Waals surface area contributed by atoms with Crippen LogP contribution in [-0.2, 0) is 6.42 Å². The summed E-state index contributed by atoms with van der Waals surface area (Å²) >= 11 is 6.03. The molecule has 0 bridgehead atoms. The van der Waals surface area contributed by atoms with Gasteiger partial charge in [0.25, 0.3) is 5.91 Å². The maximum absolute atomic E-state index is 12.7. The Morgan fingerprint density at radius 1 is 1.10 bits per heavy atom. The minimum absolute atomic E-state index is 0.140. The molecular formula is C24H21ClN2O4. The molecule has 6 nitrogen and oxygen atoms in total. The summed E-state index contributed by atoms with van der Waals surface area (Å²) in [6, 6.07) is 13.9. The number of furan rings is 1. The molecule has 1 amide bonds. The fourth-order valence-corrected chi connectivity index (χ4v) is 3.70. The SMILES string of the molecule is Cc1cc(OC(=O)c2oc3c(c2C)/C(=N/NC(=O)c2ccccc2)CCC3)ccc1Cl. The van der Waals surface area contributed by atoms with Crippen molar-refractivity contribution in [2.45, 2.75) is 33.1 Å². The molecule has 0 saturated heterocycles. The van der Waals surface area contributed by atoms with E-state index in [1.165, 1.54) is 0 Å². The van der Waals surface area contributed by atoms with Crippen LogP contribution in [0.25, 0.3) is 0 Å². The van der Waals surface area contributed by atoms with Gasteiger partial charge in [0, 0.05) is 28.1 Å². The highest BCUT2D eigenvalue weighted by atomic mass is 35.5. The van der Waals surface area contributed by atoms with Crippen LogP contribution in [0.15, 0.2) is 58.0 Å². The number of hydrazone groups is 1. The predicted octanol–water partition coefficient (Wildman–Crippen LogP) is 5.24. The first-order valence-electron chi connectivity index (χ1n) is 9.97. The third kappa shape index (κ3) is 4.39. The fraction of sp³-hybridized carbons (Fsp3) is 0.208. The Labute approximate surface area is 184 Å². The van der Waals surface area contributed by atoms with Crippen molar-refractivity contribution in [2.75, 3.05) is 0 Å². The number of carbonyl (C=O) groups excluding carboxylic acids is 2. The molecule has 0 saturated carbocycles. The second kappa shape index (κ2) is 8.78. The second-order valence-electron chi connectivity index (χ2n) is 7.37. The molecule has 7 heteroatoms. The molecule has 3 aromatic rings. The molecule has 158 valence electrons. The van der Waals surface area contributed by atoms with Gasteiger partial charge in [0.1, 0.15) is 11.5 Å². The molecule has 2 aromatic carbocycles. The van der Waals surface area contributed by atoms with Gasteiger partial charge >= 0.3 is 5.97 Å². The highest BCUT2D eigenvalue weighted by Crippen LogP contribution is 2.31. The average molecular weight is 437 g/mol. The van der Waals surface area contributed by atoms with Crippen molar-refractivity contribution in [3.05, 3.63) is 87.3 Å². The molecule has 0 spiro atoms. The number of halogens is 1. The third-order valence-electron chi connectivity index (χ3n) is 5.18. The molecule has 31 heavy (non-hydrogen) atoms. The van der Waals surface area contributed by atoms with Crippen LogP contribution in [0.1, 0.15) is 56.2 Å². The number of fused-ring (bicyclic) bond motifs is 1. The highest BCUT2D eigenvalue weighted by molar-refractivity contribution is 6.31. The molecule has 1 aromatic heterocycles. The lowest BCUT2D eigenvalue weighted by Gasteiger charge is -2.13. The van der Waals surface area contributed by atoms with Gasteiger partial charge in [-0.25, -0.2) is 10.2 Å². The van der Waals surface area contributed by atoms with Crippen LogP contribution in [0.4, 0.5) is 0 Å². The molecule has 1 N–H and O–H groups in total. The number of hydrogen-bond donors (Lipinski definition) is 1. The normalized spacial score (nSPS) is 14.2. The molecular weight excluding hydrogens is 416 g/mol. The van der Waals surface area contributed by atoms with Gasteiger partial charge in [-0.2, -0.15) is 5.10 Å². The number of carbonyl (C=O) groups is 2. The van der Waals surface area contributed by atoms with Crippen molar-refractivity contribution in [3.8, 4) is 5.75 Å². The Morgan fingerprint density at radius 3 is 2.61 bits per heavy atom. The van der Waals surface area contributed by atoms with E-state index < -0.39 is 5.97 Å². The lowest BCUT2D eigenvalue weighted by Crippen LogP contribution is -2.22. The van der Waals surface area contributed by atoms with Crippen LogP contribution in [0.2, 0.25) is 5.02 Å². The van der Waals surface area contributed by atoms with Crippen molar-refractivity contribution >= 4 is 29.2 Å². The molecule has 1 aliphatic carbocycles. The molecule has 4 rings (SSSR count). The maximum atomic E-state index is 12.7. The number of hydrogen-bond acceptors (Lipinski definition) is 5. The quantitative estimate of drug-likeness (QED) is 0.344. The highest BCUT2D eigenvalue weighted by Gasteiger charge is 2.29. The van der Waals surface area contributed by atoms with Crippen molar-refractivity contribution in [3.63, 3.8) is 0 Å². The molecule has 0 fully saturated rings. The van der Waals surface area contributed by atoms with E-state index in [1.807, 2.05) is 13.0 Å². The Morgan fingerprint density at radius 2 is 1.87 bits per heavy atom. The van der Waals surface area contributed by atoms with Crippen molar-refractivity contribution in [1.82, 2.24) is 5.43 Å². The van der Waals surface area contributed by atoms with E-state index in [-0.39, 0.29) is 11.7 Å². The zero-order valence-corrected chi connectivity index (χ0v) is 18.0. The molecule has 0 radical (unpaired) electrons. The molecule has 1 heterocycles. The van der Waals surface area contributed by atoms with Gasteiger partial charge in [-0.15, -0.1) is 0 Å². The summed E-state index contributed by atoms with van der Waals surface area (Å²) in [5, 5.41) is 4.93. The first-order chi connectivity index (χ1) is 14.9. The Balaban J connectivity index is 1.57. The summed E-state index contributed by atoms with van der Waals surface area (Å²) < 4.78 is 11.3. The van der Waals surface area contributed by atoms with E-state index in [9.17, 15) is 9.59 Å². The van der Waals surface area contributed by atoms with Gasteiger partial charge in [0.15, 0.2) is 0 Å². The molecule has 1 aliphatic rings. The third-order valence-corrected chi connectivity index (χ3v) is 5.60. The summed E-state index contributed by atoms with van der Waals surface area (Å²) in [6.45, 7) is 3.63. The van der Waals surface area contributed by atoms with E-state index in [1.54, 1.807) is 49.4 Å². The zero-order valence-electron chi connectivity index (χ0n) is 17.2. The molecule has 0 aliphatic heterocycles. The number of aryl methyl sites for hydroxylation is 2. The van der Waals surface area contributed by atoms with Crippen LogP contribution >= 0.6 is 11.6 Å². The van der Waals surface area contributed by atoms with Crippen LogP contribution in [0.3, 0.4) is 0 Å². The molecule has 0 atom stereocenters. The summed E-state index contributed by atoms with van der Waals surface area (Å²) in [7, 11) is 0. The smallest absolute Gasteiger partial charge is 0.379 e. The predicted molar refractivity (Wildman–Crippen MR) is 118 cm³/mol. The number of benzene rings is 2. The number of nitrogens with one attached hydrogen (secondary N) is 1. The van der Waals surface area contributed by atoms with Crippen LogP contribution in [0, 0.1) is 13.8 Å². The largest absolute Gasteiger partial charge is 0.453 e. The van der Waals surface area contributed by atoms with Gasteiger partial charge in [0.05, 0.1) is 5.71 Å². The average Bonchev–Trinajstić information content (AvgIpc) is 3.12. The standard InChI is InChI=1S/C24H21ClN2O4/c1-14-13-17(11-12-18(14)25)30-24(29)22-15(2)21-19(9-6-10-20(21)31-22)26-27-23(28)16-7-4-3-5-8-16/h3-5,7-8,11-13H,6,9-10H2,1-2H3,(H,27,28)/b26-19+. The monoisotopic (exact) mass is 436 g/mol.